The topological polar surface area (TPSA) is 94.4 Å². The molecule has 1 aliphatic heterocycles. The number of carbonyl (C=O) groups is 1. The van der Waals surface area contributed by atoms with Crippen molar-refractivity contribution in [1.82, 2.24) is 25.1 Å². The molecular weight excluding hydrogens is 440 g/mol. The number of ether oxygens (including phenoxy) is 2. The number of nitrogens with one attached hydrogen (secondary N) is 1. The lowest BCUT2D eigenvalue weighted by atomic mass is 10.1. The first-order valence-electron chi connectivity index (χ1n) is 11.2. The van der Waals surface area contributed by atoms with Crippen LogP contribution < -0.4 is 19.7 Å². The van der Waals surface area contributed by atoms with E-state index in [-0.39, 0.29) is 12.3 Å². The van der Waals surface area contributed by atoms with E-state index in [0.29, 0.717) is 24.6 Å². The third kappa shape index (κ3) is 5.32. The molecule has 3 heterocycles. The number of amides is 1. The number of aromatic nitrogens is 4. The number of thioether (sulfide) groups is 1. The van der Waals surface area contributed by atoms with Crippen LogP contribution in [-0.2, 0) is 17.8 Å². The summed E-state index contributed by atoms with van der Waals surface area (Å²) >= 11 is 1.63. The zero-order valence-electron chi connectivity index (χ0n) is 19.3. The average Bonchev–Trinajstić information content (AvgIpc) is 3.49. The summed E-state index contributed by atoms with van der Waals surface area (Å²) in [7, 11) is 3.17. The second-order valence-corrected chi connectivity index (χ2v) is 9.01. The highest BCUT2D eigenvalue weighted by molar-refractivity contribution is 7.99. The van der Waals surface area contributed by atoms with E-state index in [1.54, 1.807) is 32.0 Å². The van der Waals surface area contributed by atoms with Crippen LogP contribution in [0.5, 0.6) is 11.5 Å². The van der Waals surface area contributed by atoms with Crippen molar-refractivity contribution < 1.29 is 14.3 Å². The van der Waals surface area contributed by atoms with Gasteiger partial charge in [0.1, 0.15) is 5.82 Å². The Morgan fingerprint density at radius 3 is 2.67 bits per heavy atom. The molecule has 0 aliphatic carbocycles. The minimum atomic E-state index is -0.0618. The SMILES string of the molecule is CCSc1nc(N2CCCC2)c2cnn(CCNC(=O)Cc3ccc(OC)c(OC)c3)c2n1. The maximum absolute atomic E-state index is 12.5. The third-order valence-corrected chi connectivity index (χ3v) is 6.32. The molecule has 0 radical (unpaired) electrons. The van der Waals surface area contributed by atoms with Crippen molar-refractivity contribution in [1.29, 1.82) is 0 Å². The van der Waals surface area contributed by atoms with E-state index < -0.39 is 0 Å². The Hall–Kier alpha value is -3.01. The van der Waals surface area contributed by atoms with E-state index in [2.05, 4.69) is 22.2 Å². The van der Waals surface area contributed by atoms with Crippen LogP contribution in [0, 0.1) is 0 Å². The number of rotatable bonds is 10. The van der Waals surface area contributed by atoms with Gasteiger partial charge in [-0.25, -0.2) is 14.6 Å². The van der Waals surface area contributed by atoms with Crippen molar-refractivity contribution in [3.05, 3.63) is 30.0 Å². The highest BCUT2D eigenvalue weighted by Gasteiger charge is 2.20. The van der Waals surface area contributed by atoms with Crippen LogP contribution in [0.2, 0.25) is 0 Å². The molecule has 0 bridgehead atoms. The lowest BCUT2D eigenvalue weighted by Crippen LogP contribution is -2.29. The molecule has 1 saturated heterocycles. The summed E-state index contributed by atoms with van der Waals surface area (Å²) in [5.41, 5.74) is 1.68. The highest BCUT2D eigenvalue weighted by Crippen LogP contribution is 2.29. The predicted molar refractivity (Wildman–Crippen MR) is 129 cm³/mol. The molecule has 2 aromatic heterocycles. The largest absolute Gasteiger partial charge is 0.493 e. The van der Waals surface area contributed by atoms with Crippen LogP contribution in [0.3, 0.4) is 0 Å². The van der Waals surface area contributed by atoms with Gasteiger partial charge in [-0.05, 0) is 36.3 Å². The molecule has 176 valence electrons. The molecule has 3 aromatic rings. The summed E-state index contributed by atoms with van der Waals surface area (Å²) in [5.74, 6) is 3.07. The van der Waals surface area contributed by atoms with Gasteiger partial charge in [0, 0.05) is 19.6 Å². The number of fused-ring (bicyclic) bond motifs is 1. The Bertz CT molecular complexity index is 1110. The molecular formula is C23H30N6O3S. The van der Waals surface area contributed by atoms with E-state index in [1.807, 2.05) is 23.0 Å². The maximum Gasteiger partial charge on any atom is 0.224 e. The summed E-state index contributed by atoms with van der Waals surface area (Å²) in [4.78, 5) is 24.3. The van der Waals surface area contributed by atoms with Gasteiger partial charge >= 0.3 is 0 Å². The van der Waals surface area contributed by atoms with Gasteiger partial charge in [0.25, 0.3) is 0 Å². The van der Waals surface area contributed by atoms with E-state index >= 15 is 0 Å². The Morgan fingerprint density at radius 1 is 1.15 bits per heavy atom. The normalized spacial score (nSPS) is 13.5. The summed E-state index contributed by atoms with van der Waals surface area (Å²) in [5, 5.41) is 9.26. The van der Waals surface area contributed by atoms with Crippen molar-refractivity contribution in [2.24, 2.45) is 0 Å². The monoisotopic (exact) mass is 470 g/mol. The first kappa shape index (κ1) is 23.2. The van der Waals surface area contributed by atoms with E-state index in [9.17, 15) is 4.79 Å². The maximum atomic E-state index is 12.5. The number of anilines is 1. The average molecular weight is 471 g/mol. The second-order valence-electron chi connectivity index (χ2n) is 7.78. The molecule has 0 unspecified atom stereocenters. The van der Waals surface area contributed by atoms with Crippen LogP contribution in [0.4, 0.5) is 5.82 Å². The zero-order chi connectivity index (χ0) is 23.2. The molecule has 1 aromatic carbocycles. The summed E-state index contributed by atoms with van der Waals surface area (Å²) in [6, 6.07) is 5.50. The number of carbonyl (C=O) groups excluding carboxylic acids is 1. The smallest absolute Gasteiger partial charge is 0.224 e. The Balaban J connectivity index is 1.42. The minimum absolute atomic E-state index is 0.0618. The van der Waals surface area contributed by atoms with Gasteiger partial charge in [0.05, 0.1) is 38.8 Å². The standard InChI is InChI=1S/C23H30N6O3S/c1-4-33-23-26-21(28-10-5-6-11-28)17-15-25-29(22(17)27-23)12-9-24-20(30)14-16-7-8-18(31-2)19(13-16)32-3/h7-8,13,15H,4-6,9-12,14H2,1-3H3,(H,24,30). The summed E-state index contributed by atoms with van der Waals surface area (Å²) in [6.07, 6.45) is 4.47. The first-order chi connectivity index (χ1) is 16.1. The van der Waals surface area contributed by atoms with E-state index in [1.165, 1.54) is 12.8 Å². The molecule has 33 heavy (non-hydrogen) atoms. The Labute approximate surface area is 197 Å². The van der Waals surface area contributed by atoms with Gasteiger partial charge in [-0.2, -0.15) is 5.10 Å². The van der Waals surface area contributed by atoms with Crippen molar-refractivity contribution in [3.63, 3.8) is 0 Å². The molecule has 9 nitrogen and oxygen atoms in total. The quantitative estimate of drug-likeness (QED) is 0.357. The van der Waals surface area contributed by atoms with Gasteiger partial charge in [-0.3, -0.25) is 4.79 Å². The molecule has 0 atom stereocenters. The molecule has 1 amide bonds. The number of benzene rings is 1. The van der Waals surface area contributed by atoms with Crippen LogP contribution in [0.25, 0.3) is 11.0 Å². The predicted octanol–water partition coefficient (Wildman–Crippen LogP) is 2.91. The zero-order valence-corrected chi connectivity index (χ0v) is 20.2. The number of hydrogen-bond donors (Lipinski definition) is 1. The van der Waals surface area contributed by atoms with Crippen molar-refractivity contribution in [2.45, 2.75) is 37.9 Å². The lowest BCUT2D eigenvalue weighted by Gasteiger charge is -2.17. The van der Waals surface area contributed by atoms with Gasteiger partial charge in [0.2, 0.25) is 5.91 Å². The van der Waals surface area contributed by atoms with Gasteiger partial charge < -0.3 is 19.7 Å². The molecule has 1 fully saturated rings. The molecule has 0 spiro atoms. The van der Waals surface area contributed by atoms with Crippen molar-refractivity contribution in [3.8, 4) is 11.5 Å². The number of hydrogen-bond acceptors (Lipinski definition) is 8. The highest BCUT2D eigenvalue weighted by atomic mass is 32.2. The lowest BCUT2D eigenvalue weighted by molar-refractivity contribution is -0.120. The molecule has 0 saturated carbocycles. The fourth-order valence-corrected chi connectivity index (χ4v) is 4.55. The van der Waals surface area contributed by atoms with E-state index in [4.69, 9.17) is 19.4 Å². The minimum Gasteiger partial charge on any atom is -0.493 e. The van der Waals surface area contributed by atoms with Gasteiger partial charge in [-0.15, -0.1) is 0 Å². The molecule has 1 N–H and O–H groups in total. The van der Waals surface area contributed by atoms with E-state index in [0.717, 1.165) is 46.4 Å². The van der Waals surface area contributed by atoms with Gasteiger partial charge in [0.15, 0.2) is 22.3 Å². The van der Waals surface area contributed by atoms with Crippen LogP contribution in [-0.4, -0.2) is 65.3 Å². The Morgan fingerprint density at radius 2 is 1.94 bits per heavy atom. The number of methoxy groups -OCH3 is 2. The van der Waals surface area contributed by atoms with Crippen LogP contribution in [0.1, 0.15) is 25.3 Å². The van der Waals surface area contributed by atoms with Crippen molar-refractivity contribution >= 4 is 34.5 Å². The first-order valence-corrected chi connectivity index (χ1v) is 12.2. The Kier molecular flexibility index (Phi) is 7.54. The van der Waals surface area contributed by atoms with Crippen LogP contribution >= 0.6 is 11.8 Å². The van der Waals surface area contributed by atoms with Gasteiger partial charge in [-0.1, -0.05) is 24.8 Å². The second kappa shape index (κ2) is 10.7. The number of nitrogens with zero attached hydrogens (tertiary/aromatic N) is 5. The summed E-state index contributed by atoms with van der Waals surface area (Å²) < 4.78 is 12.4. The van der Waals surface area contributed by atoms with Crippen molar-refractivity contribution in [2.75, 3.05) is 44.5 Å². The summed E-state index contributed by atoms with van der Waals surface area (Å²) in [6.45, 7) is 5.12. The molecule has 10 heteroatoms. The fraction of sp³-hybridized carbons (Fsp3) is 0.478. The molecule has 4 rings (SSSR count). The third-order valence-electron chi connectivity index (χ3n) is 5.59. The fourth-order valence-electron chi connectivity index (χ4n) is 3.99. The molecule has 1 aliphatic rings. The van der Waals surface area contributed by atoms with Crippen LogP contribution in [0.15, 0.2) is 29.6 Å².